The van der Waals surface area contributed by atoms with Crippen LogP contribution < -0.4 is 15.5 Å². The normalized spacial score (nSPS) is 16.7. The third kappa shape index (κ3) is 4.88. The quantitative estimate of drug-likeness (QED) is 0.566. The van der Waals surface area contributed by atoms with Gasteiger partial charge in [-0.2, -0.15) is 4.98 Å². The summed E-state index contributed by atoms with van der Waals surface area (Å²) in [7, 11) is 0. The Hall–Kier alpha value is -2.00. The fourth-order valence-corrected chi connectivity index (χ4v) is 3.79. The van der Waals surface area contributed by atoms with Crippen molar-refractivity contribution in [3.05, 3.63) is 46.6 Å². The van der Waals surface area contributed by atoms with Crippen LogP contribution in [0.4, 0.5) is 11.8 Å². The molecule has 1 aromatic heterocycles. The predicted molar refractivity (Wildman–Crippen MR) is 115 cm³/mol. The van der Waals surface area contributed by atoms with Crippen molar-refractivity contribution in [1.82, 2.24) is 20.2 Å². The maximum absolute atomic E-state index is 6.23. The standard InChI is InChI=1S/C19H23ClN6OS/c20-16-11-17(26-12-14-3-1-2-4-15(14)13-26)23-18(22-16)24-19(28)21-5-6-25-7-9-27-10-8-25/h1-4,11H,5-10,12-13H2,(H2,21,22,23,24,28). The van der Waals surface area contributed by atoms with Crippen molar-refractivity contribution in [2.45, 2.75) is 13.1 Å². The van der Waals surface area contributed by atoms with Gasteiger partial charge in [0.2, 0.25) is 5.95 Å². The monoisotopic (exact) mass is 418 g/mol. The molecule has 2 aliphatic heterocycles. The summed E-state index contributed by atoms with van der Waals surface area (Å²) in [6.45, 7) is 6.79. The van der Waals surface area contributed by atoms with Gasteiger partial charge in [-0.1, -0.05) is 35.9 Å². The van der Waals surface area contributed by atoms with Crippen LogP contribution in [-0.4, -0.2) is 59.4 Å². The number of thiocarbonyl (C=S) groups is 1. The summed E-state index contributed by atoms with van der Waals surface area (Å²) in [6.07, 6.45) is 0. The number of benzene rings is 1. The third-order valence-electron chi connectivity index (χ3n) is 4.89. The molecule has 0 atom stereocenters. The van der Waals surface area contributed by atoms with Gasteiger partial charge >= 0.3 is 0 Å². The van der Waals surface area contributed by atoms with Crippen LogP contribution in [0.5, 0.6) is 0 Å². The molecule has 28 heavy (non-hydrogen) atoms. The van der Waals surface area contributed by atoms with E-state index < -0.39 is 0 Å². The molecule has 0 saturated carbocycles. The predicted octanol–water partition coefficient (Wildman–Crippen LogP) is 2.27. The van der Waals surface area contributed by atoms with Gasteiger partial charge in [0.15, 0.2) is 5.11 Å². The van der Waals surface area contributed by atoms with Crippen LogP contribution in [-0.2, 0) is 17.8 Å². The van der Waals surface area contributed by atoms with E-state index in [1.807, 2.05) is 0 Å². The third-order valence-corrected chi connectivity index (χ3v) is 5.33. The van der Waals surface area contributed by atoms with Gasteiger partial charge in [0.1, 0.15) is 11.0 Å². The van der Waals surface area contributed by atoms with Crippen molar-refractivity contribution < 1.29 is 4.74 Å². The van der Waals surface area contributed by atoms with E-state index in [4.69, 9.17) is 28.6 Å². The zero-order chi connectivity index (χ0) is 19.3. The molecule has 9 heteroatoms. The van der Waals surface area contributed by atoms with Gasteiger partial charge in [-0.05, 0) is 23.3 Å². The summed E-state index contributed by atoms with van der Waals surface area (Å²) in [6, 6.07) is 10.2. The number of hydrogen-bond donors (Lipinski definition) is 2. The number of rotatable bonds is 5. The number of ether oxygens (including phenoxy) is 1. The average molecular weight is 419 g/mol. The maximum atomic E-state index is 6.23. The molecule has 2 aliphatic rings. The smallest absolute Gasteiger partial charge is 0.232 e. The Bertz CT molecular complexity index is 820. The number of morpholine rings is 1. The first-order valence-electron chi connectivity index (χ1n) is 9.38. The Balaban J connectivity index is 1.33. The molecule has 2 N–H and O–H groups in total. The van der Waals surface area contributed by atoms with Gasteiger partial charge in [0.25, 0.3) is 0 Å². The first kappa shape index (κ1) is 19.3. The van der Waals surface area contributed by atoms with Crippen molar-refractivity contribution in [3.63, 3.8) is 0 Å². The minimum absolute atomic E-state index is 0.388. The number of nitrogens with zero attached hydrogens (tertiary/aromatic N) is 4. The van der Waals surface area contributed by atoms with E-state index in [0.717, 1.165) is 58.3 Å². The Morgan fingerprint density at radius 3 is 2.57 bits per heavy atom. The van der Waals surface area contributed by atoms with Crippen LogP contribution in [0.3, 0.4) is 0 Å². The highest BCUT2D eigenvalue weighted by atomic mass is 35.5. The van der Waals surface area contributed by atoms with E-state index in [-0.39, 0.29) is 0 Å². The van der Waals surface area contributed by atoms with Crippen molar-refractivity contribution in [1.29, 1.82) is 0 Å². The molecule has 0 bridgehead atoms. The Morgan fingerprint density at radius 1 is 1.14 bits per heavy atom. The highest BCUT2D eigenvalue weighted by Crippen LogP contribution is 2.28. The lowest BCUT2D eigenvalue weighted by atomic mass is 10.1. The summed E-state index contributed by atoms with van der Waals surface area (Å²) in [5, 5.41) is 7.13. The van der Waals surface area contributed by atoms with Gasteiger partial charge in [-0.25, -0.2) is 4.98 Å². The summed E-state index contributed by atoms with van der Waals surface area (Å²) in [5.41, 5.74) is 2.62. The first-order chi connectivity index (χ1) is 13.7. The Labute approximate surface area is 175 Å². The molecule has 7 nitrogen and oxygen atoms in total. The van der Waals surface area contributed by atoms with E-state index >= 15 is 0 Å². The molecule has 1 aromatic carbocycles. The number of halogens is 1. The van der Waals surface area contributed by atoms with Crippen LogP contribution in [0.25, 0.3) is 0 Å². The molecule has 4 rings (SSSR count). The fraction of sp³-hybridized carbons (Fsp3) is 0.421. The summed E-state index contributed by atoms with van der Waals surface area (Å²) >= 11 is 11.6. The highest BCUT2D eigenvalue weighted by molar-refractivity contribution is 7.80. The zero-order valence-electron chi connectivity index (χ0n) is 15.5. The van der Waals surface area contributed by atoms with E-state index in [2.05, 4.69) is 54.7 Å². The molecular formula is C19H23ClN6OS. The highest BCUT2D eigenvalue weighted by Gasteiger charge is 2.21. The van der Waals surface area contributed by atoms with Crippen molar-refractivity contribution in [3.8, 4) is 0 Å². The molecule has 0 unspecified atom stereocenters. The van der Waals surface area contributed by atoms with Gasteiger partial charge in [-0.15, -0.1) is 0 Å². The number of nitrogens with one attached hydrogen (secondary N) is 2. The van der Waals surface area contributed by atoms with E-state index in [1.165, 1.54) is 11.1 Å². The largest absolute Gasteiger partial charge is 0.379 e. The van der Waals surface area contributed by atoms with E-state index in [0.29, 0.717) is 16.2 Å². The minimum atomic E-state index is 0.388. The second-order valence-electron chi connectivity index (χ2n) is 6.83. The summed E-state index contributed by atoms with van der Waals surface area (Å²) < 4.78 is 5.36. The SMILES string of the molecule is S=C(NCCN1CCOCC1)Nc1nc(Cl)cc(N2Cc3ccccc3C2)n1. The van der Waals surface area contributed by atoms with Crippen LogP contribution in [0.1, 0.15) is 11.1 Å². The van der Waals surface area contributed by atoms with E-state index in [1.54, 1.807) is 6.07 Å². The van der Waals surface area contributed by atoms with Crippen LogP contribution in [0, 0.1) is 0 Å². The molecule has 0 radical (unpaired) electrons. The van der Waals surface area contributed by atoms with Gasteiger partial charge < -0.3 is 20.3 Å². The number of aromatic nitrogens is 2. The zero-order valence-corrected chi connectivity index (χ0v) is 17.1. The number of hydrogen-bond acceptors (Lipinski definition) is 6. The van der Waals surface area contributed by atoms with Crippen LogP contribution in [0.2, 0.25) is 5.15 Å². The maximum Gasteiger partial charge on any atom is 0.232 e. The lowest BCUT2D eigenvalue weighted by Gasteiger charge is -2.26. The van der Waals surface area contributed by atoms with Gasteiger partial charge in [0.05, 0.1) is 13.2 Å². The summed E-state index contributed by atoms with van der Waals surface area (Å²) in [5.74, 6) is 1.19. The van der Waals surface area contributed by atoms with Crippen molar-refractivity contribution in [2.75, 3.05) is 49.6 Å². The molecule has 2 aromatic rings. The minimum Gasteiger partial charge on any atom is -0.379 e. The van der Waals surface area contributed by atoms with Crippen molar-refractivity contribution in [2.24, 2.45) is 0 Å². The molecule has 0 amide bonds. The molecule has 148 valence electrons. The number of fused-ring (bicyclic) bond motifs is 1. The fourth-order valence-electron chi connectivity index (χ4n) is 3.42. The van der Waals surface area contributed by atoms with Gasteiger partial charge in [0, 0.05) is 45.3 Å². The van der Waals surface area contributed by atoms with Gasteiger partial charge in [-0.3, -0.25) is 4.90 Å². The van der Waals surface area contributed by atoms with E-state index in [9.17, 15) is 0 Å². The lowest BCUT2D eigenvalue weighted by Crippen LogP contribution is -2.42. The molecule has 1 saturated heterocycles. The summed E-state index contributed by atoms with van der Waals surface area (Å²) in [4.78, 5) is 13.4. The topological polar surface area (TPSA) is 65.6 Å². The first-order valence-corrected chi connectivity index (χ1v) is 10.2. The van der Waals surface area contributed by atoms with Crippen molar-refractivity contribution >= 4 is 40.7 Å². The molecular weight excluding hydrogens is 396 g/mol. The number of anilines is 2. The molecule has 3 heterocycles. The van der Waals surface area contributed by atoms with Crippen LogP contribution in [0.15, 0.2) is 30.3 Å². The molecule has 0 spiro atoms. The lowest BCUT2D eigenvalue weighted by molar-refractivity contribution is 0.0389. The second-order valence-corrected chi connectivity index (χ2v) is 7.63. The molecule has 0 aliphatic carbocycles. The van der Waals surface area contributed by atoms with Crippen LogP contribution >= 0.6 is 23.8 Å². The second kappa shape index (κ2) is 9.00. The Morgan fingerprint density at radius 2 is 1.86 bits per heavy atom. The average Bonchev–Trinajstić information content (AvgIpc) is 3.13. The Kier molecular flexibility index (Phi) is 6.21. The molecule has 1 fully saturated rings.